The summed E-state index contributed by atoms with van der Waals surface area (Å²) in [4.78, 5) is 25.6. The van der Waals surface area contributed by atoms with E-state index in [-0.39, 0.29) is 17.2 Å². The van der Waals surface area contributed by atoms with Gasteiger partial charge < -0.3 is 4.90 Å². The molecule has 0 fully saturated rings. The van der Waals surface area contributed by atoms with Crippen molar-refractivity contribution in [1.29, 1.82) is 0 Å². The highest BCUT2D eigenvalue weighted by atomic mass is 79.9. The van der Waals surface area contributed by atoms with E-state index in [0.717, 1.165) is 9.35 Å². The summed E-state index contributed by atoms with van der Waals surface area (Å²) in [6.45, 7) is 2.05. The second-order valence-corrected chi connectivity index (χ2v) is 6.53. The molecule has 0 saturated heterocycles. The topological polar surface area (TPSA) is 63.5 Å². The molecule has 0 spiro atoms. The second kappa shape index (κ2) is 6.36. The number of thiophene rings is 1. The standard InChI is InChI=1S/C14H13BrN2O3S/c1-9-4-3-5-12(13(9)17(19)20)14(18)16(2)7-11-6-10(15)8-21-11/h3-6,8H,7H2,1-2H3. The predicted octanol–water partition coefficient (Wildman–Crippen LogP) is 4.00. The zero-order valence-corrected chi connectivity index (χ0v) is 13.9. The number of hydrogen-bond donors (Lipinski definition) is 0. The van der Waals surface area contributed by atoms with Crippen LogP contribution in [0.3, 0.4) is 0 Å². The summed E-state index contributed by atoms with van der Waals surface area (Å²) >= 11 is 4.89. The zero-order chi connectivity index (χ0) is 15.6. The van der Waals surface area contributed by atoms with E-state index in [0.29, 0.717) is 12.1 Å². The summed E-state index contributed by atoms with van der Waals surface area (Å²) in [5.74, 6) is -0.352. The van der Waals surface area contributed by atoms with Crippen molar-refractivity contribution in [3.63, 3.8) is 0 Å². The highest BCUT2D eigenvalue weighted by Crippen LogP contribution is 2.26. The number of amides is 1. The van der Waals surface area contributed by atoms with Crippen molar-refractivity contribution in [2.75, 3.05) is 7.05 Å². The van der Waals surface area contributed by atoms with Crippen LogP contribution in [0, 0.1) is 17.0 Å². The van der Waals surface area contributed by atoms with Crippen LogP contribution in [0.1, 0.15) is 20.8 Å². The van der Waals surface area contributed by atoms with Crippen LogP contribution >= 0.6 is 27.3 Å². The normalized spacial score (nSPS) is 10.4. The number of carbonyl (C=O) groups is 1. The Labute approximate surface area is 134 Å². The molecule has 0 atom stereocenters. The third kappa shape index (κ3) is 3.48. The van der Waals surface area contributed by atoms with Gasteiger partial charge in [0.2, 0.25) is 0 Å². The zero-order valence-electron chi connectivity index (χ0n) is 11.5. The van der Waals surface area contributed by atoms with Crippen LogP contribution in [0.2, 0.25) is 0 Å². The number of para-hydroxylation sites is 1. The van der Waals surface area contributed by atoms with Crippen LogP contribution in [0.4, 0.5) is 5.69 Å². The Balaban J connectivity index is 2.27. The summed E-state index contributed by atoms with van der Waals surface area (Å²) in [6, 6.07) is 6.71. The molecular weight excluding hydrogens is 356 g/mol. The first-order valence-corrected chi connectivity index (χ1v) is 7.79. The fourth-order valence-corrected chi connectivity index (χ4v) is 3.53. The molecule has 7 heteroatoms. The molecule has 2 aromatic rings. The molecule has 2 rings (SSSR count). The van der Waals surface area contributed by atoms with Gasteiger partial charge in [0.15, 0.2) is 0 Å². The smallest absolute Gasteiger partial charge is 0.285 e. The summed E-state index contributed by atoms with van der Waals surface area (Å²) in [7, 11) is 1.64. The monoisotopic (exact) mass is 368 g/mol. The van der Waals surface area contributed by atoms with Crippen LogP contribution < -0.4 is 0 Å². The third-order valence-corrected chi connectivity index (χ3v) is 4.69. The Morgan fingerprint density at radius 2 is 2.19 bits per heavy atom. The Bertz CT molecular complexity index is 699. The van der Waals surface area contributed by atoms with Crippen LogP contribution in [0.15, 0.2) is 34.1 Å². The second-order valence-electron chi connectivity index (χ2n) is 4.62. The lowest BCUT2D eigenvalue weighted by atomic mass is 10.1. The lowest BCUT2D eigenvalue weighted by molar-refractivity contribution is -0.385. The SMILES string of the molecule is Cc1cccc(C(=O)N(C)Cc2cc(Br)cs2)c1[N+](=O)[O-]. The lowest BCUT2D eigenvalue weighted by Crippen LogP contribution is -2.26. The molecule has 1 aromatic carbocycles. The van der Waals surface area contributed by atoms with E-state index in [9.17, 15) is 14.9 Å². The summed E-state index contributed by atoms with van der Waals surface area (Å²) in [5.41, 5.74) is 0.484. The van der Waals surface area contributed by atoms with E-state index in [4.69, 9.17) is 0 Å². The van der Waals surface area contributed by atoms with Crippen molar-refractivity contribution in [1.82, 2.24) is 4.90 Å². The van der Waals surface area contributed by atoms with Crippen LogP contribution in [0.25, 0.3) is 0 Å². The maximum atomic E-state index is 12.4. The first kappa shape index (κ1) is 15.7. The van der Waals surface area contributed by atoms with Gasteiger partial charge in [0.05, 0.1) is 11.5 Å². The van der Waals surface area contributed by atoms with Crippen molar-refractivity contribution in [3.05, 3.63) is 60.2 Å². The molecule has 1 aromatic heterocycles. The molecule has 0 aliphatic carbocycles. The quantitative estimate of drug-likeness (QED) is 0.605. The number of benzene rings is 1. The number of halogens is 1. The summed E-state index contributed by atoms with van der Waals surface area (Å²) in [6.07, 6.45) is 0. The number of nitro groups is 1. The van der Waals surface area contributed by atoms with E-state index in [1.54, 1.807) is 26.1 Å². The van der Waals surface area contributed by atoms with E-state index in [1.807, 2.05) is 11.4 Å². The third-order valence-electron chi connectivity index (χ3n) is 3.01. The molecule has 0 bridgehead atoms. The van der Waals surface area contributed by atoms with Gasteiger partial charge in [-0.25, -0.2) is 0 Å². The minimum Gasteiger partial charge on any atom is -0.336 e. The highest BCUT2D eigenvalue weighted by molar-refractivity contribution is 9.10. The molecule has 5 nitrogen and oxygen atoms in total. The van der Waals surface area contributed by atoms with Gasteiger partial charge in [0.1, 0.15) is 5.56 Å². The van der Waals surface area contributed by atoms with Gasteiger partial charge in [0.25, 0.3) is 11.6 Å². The molecule has 0 N–H and O–H groups in total. The number of nitro benzene ring substituents is 1. The first-order chi connectivity index (χ1) is 9.90. The van der Waals surface area contributed by atoms with E-state index >= 15 is 0 Å². The van der Waals surface area contributed by atoms with Gasteiger partial charge in [-0.2, -0.15) is 0 Å². The van der Waals surface area contributed by atoms with Crippen molar-refractivity contribution < 1.29 is 9.72 Å². The van der Waals surface area contributed by atoms with Crippen molar-refractivity contribution in [2.24, 2.45) is 0 Å². The first-order valence-electron chi connectivity index (χ1n) is 6.12. The maximum Gasteiger partial charge on any atom is 0.285 e. The lowest BCUT2D eigenvalue weighted by Gasteiger charge is -2.16. The van der Waals surface area contributed by atoms with Gasteiger partial charge >= 0.3 is 0 Å². The van der Waals surface area contributed by atoms with Crippen LogP contribution in [-0.2, 0) is 6.54 Å². The summed E-state index contributed by atoms with van der Waals surface area (Å²) < 4.78 is 0.963. The molecule has 0 unspecified atom stereocenters. The van der Waals surface area contributed by atoms with Gasteiger partial charge in [-0.3, -0.25) is 14.9 Å². The van der Waals surface area contributed by atoms with Crippen molar-refractivity contribution in [3.8, 4) is 0 Å². The maximum absolute atomic E-state index is 12.4. The van der Waals surface area contributed by atoms with Crippen LogP contribution in [-0.4, -0.2) is 22.8 Å². The molecule has 110 valence electrons. The number of carbonyl (C=O) groups excluding carboxylic acids is 1. The van der Waals surface area contributed by atoms with Gasteiger partial charge in [-0.1, -0.05) is 12.1 Å². The fraction of sp³-hybridized carbons (Fsp3) is 0.214. The Morgan fingerprint density at radius 3 is 2.76 bits per heavy atom. The van der Waals surface area contributed by atoms with Crippen molar-refractivity contribution in [2.45, 2.75) is 13.5 Å². The van der Waals surface area contributed by atoms with E-state index in [2.05, 4.69) is 15.9 Å². The fourth-order valence-electron chi connectivity index (χ4n) is 2.02. The van der Waals surface area contributed by atoms with Gasteiger partial charge in [0, 0.05) is 27.3 Å². The van der Waals surface area contributed by atoms with Gasteiger partial charge in [-0.15, -0.1) is 11.3 Å². The number of aryl methyl sites for hydroxylation is 1. The highest BCUT2D eigenvalue weighted by Gasteiger charge is 2.24. The van der Waals surface area contributed by atoms with Crippen molar-refractivity contribution >= 4 is 38.9 Å². The molecule has 1 amide bonds. The molecule has 0 aliphatic heterocycles. The van der Waals surface area contributed by atoms with E-state index in [1.165, 1.54) is 22.3 Å². The van der Waals surface area contributed by atoms with E-state index < -0.39 is 4.92 Å². The largest absolute Gasteiger partial charge is 0.336 e. The Hall–Kier alpha value is -1.73. The van der Waals surface area contributed by atoms with Crippen LogP contribution in [0.5, 0.6) is 0 Å². The van der Waals surface area contributed by atoms with Gasteiger partial charge in [-0.05, 0) is 35.0 Å². The average Bonchev–Trinajstić information content (AvgIpc) is 2.82. The molecule has 0 saturated carbocycles. The minimum atomic E-state index is -0.502. The number of rotatable bonds is 4. The number of nitrogens with zero attached hydrogens (tertiary/aromatic N) is 2. The molecule has 21 heavy (non-hydrogen) atoms. The number of hydrogen-bond acceptors (Lipinski definition) is 4. The molecule has 1 heterocycles. The average molecular weight is 369 g/mol. The predicted molar refractivity (Wildman–Crippen MR) is 85.6 cm³/mol. The molecular formula is C14H13BrN2O3S. The Morgan fingerprint density at radius 1 is 1.48 bits per heavy atom. The molecule has 0 radical (unpaired) electrons. The Kier molecular flexibility index (Phi) is 4.74. The molecule has 0 aliphatic rings. The summed E-state index contributed by atoms with van der Waals surface area (Å²) in [5, 5.41) is 13.1. The minimum absolute atomic E-state index is 0.123.